The highest BCUT2D eigenvalue weighted by Gasteiger charge is 2.05. The Balaban J connectivity index is 0.000000155. The zero-order valence-corrected chi connectivity index (χ0v) is 21.3. The molecule has 4 aromatic heterocycles. The van der Waals surface area contributed by atoms with Crippen LogP contribution in [0.5, 0.6) is 11.5 Å². The molecule has 0 aliphatic carbocycles. The van der Waals surface area contributed by atoms with Crippen molar-refractivity contribution in [2.24, 2.45) is 0 Å². The first-order valence-corrected chi connectivity index (χ1v) is 12.2. The second kappa shape index (κ2) is 11.8. The van der Waals surface area contributed by atoms with Gasteiger partial charge in [-0.05, 0) is 108 Å². The number of methoxy groups -OCH3 is 2. The third kappa shape index (κ3) is 5.82. The van der Waals surface area contributed by atoms with Crippen molar-refractivity contribution >= 4 is 0 Å². The number of pyridine rings is 2. The zero-order chi connectivity index (χ0) is 26.2. The van der Waals surface area contributed by atoms with Crippen LogP contribution in [0.2, 0.25) is 0 Å². The molecule has 0 amide bonds. The Morgan fingerprint density at radius 1 is 0.447 bits per heavy atom. The number of aromatic amines is 2. The van der Waals surface area contributed by atoms with E-state index in [1.165, 1.54) is 0 Å². The highest BCUT2D eigenvalue weighted by molar-refractivity contribution is 5.68. The Kier molecular flexibility index (Phi) is 7.61. The van der Waals surface area contributed by atoms with E-state index in [9.17, 15) is 0 Å². The van der Waals surface area contributed by atoms with E-state index in [0.29, 0.717) is 0 Å². The number of nitrogens with one attached hydrogen (secondary N) is 2. The number of ether oxygens (including phenoxy) is 2. The van der Waals surface area contributed by atoms with Gasteiger partial charge in [0.25, 0.3) is 0 Å². The summed E-state index contributed by atoms with van der Waals surface area (Å²) < 4.78 is 10.3. The summed E-state index contributed by atoms with van der Waals surface area (Å²) in [5.41, 5.74) is 8.33. The lowest BCUT2D eigenvalue weighted by Gasteiger charge is -2.02. The number of H-pyrrole nitrogens is 2. The van der Waals surface area contributed by atoms with Gasteiger partial charge in [0, 0.05) is 23.8 Å². The van der Waals surface area contributed by atoms with Gasteiger partial charge < -0.3 is 19.4 Å². The molecule has 0 aliphatic heterocycles. The summed E-state index contributed by atoms with van der Waals surface area (Å²) in [5, 5.41) is 0. The Bertz CT molecular complexity index is 1430. The number of rotatable bonds is 6. The highest BCUT2D eigenvalue weighted by atomic mass is 16.5. The molecule has 6 rings (SSSR count). The lowest BCUT2D eigenvalue weighted by atomic mass is 10.1. The van der Waals surface area contributed by atoms with Gasteiger partial charge in [0.15, 0.2) is 0 Å². The summed E-state index contributed by atoms with van der Waals surface area (Å²) in [6.07, 6.45) is 3.59. The summed E-state index contributed by atoms with van der Waals surface area (Å²) in [7, 11) is 3.34. The van der Waals surface area contributed by atoms with E-state index in [0.717, 1.165) is 56.8 Å². The number of nitrogens with zero attached hydrogens (tertiary/aromatic N) is 2. The Hall–Kier alpha value is -5.10. The molecule has 0 atom stereocenters. The van der Waals surface area contributed by atoms with Crippen LogP contribution in [0, 0.1) is 0 Å². The van der Waals surface area contributed by atoms with Gasteiger partial charge in [0.2, 0.25) is 0 Å². The van der Waals surface area contributed by atoms with Crippen molar-refractivity contribution < 1.29 is 9.47 Å². The first kappa shape index (κ1) is 24.6. The molecule has 2 aromatic carbocycles. The molecule has 4 heterocycles. The van der Waals surface area contributed by atoms with Gasteiger partial charge in [-0.15, -0.1) is 0 Å². The van der Waals surface area contributed by atoms with Crippen LogP contribution >= 0.6 is 0 Å². The second-order valence-electron chi connectivity index (χ2n) is 8.46. The topological polar surface area (TPSA) is 75.8 Å². The van der Waals surface area contributed by atoms with Crippen LogP contribution < -0.4 is 9.47 Å². The predicted molar refractivity (Wildman–Crippen MR) is 152 cm³/mol. The number of hydrogen-bond acceptors (Lipinski definition) is 4. The molecule has 0 aliphatic rings. The van der Waals surface area contributed by atoms with Gasteiger partial charge >= 0.3 is 0 Å². The zero-order valence-electron chi connectivity index (χ0n) is 21.3. The molecule has 6 aromatic rings. The lowest BCUT2D eigenvalue weighted by molar-refractivity contribution is 0.415. The molecule has 6 nitrogen and oxygen atoms in total. The van der Waals surface area contributed by atoms with E-state index in [-0.39, 0.29) is 0 Å². The molecule has 0 radical (unpaired) electrons. The average molecular weight is 501 g/mol. The van der Waals surface area contributed by atoms with E-state index in [1.807, 2.05) is 97.1 Å². The number of hydrogen-bond donors (Lipinski definition) is 2. The molecule has 0 saturated carbocycles. The SMILES string of the molecule is COc1ccc(-c2ccc(-c3ccccn3)[nH]2)cc1.COc1ccc(-c2ccc(-c3ccccn3)[nH]2)cc1. The molecule has 2 N–H and O–H groups in total. The van der Waals surface area contributed by atoms with E-state index in [4.69, 9.17) is 9.47 Å². The fraction of sp³-hybridized carbons (Fsp3) is 0.0625. The normalized spacial score (nSPS) is 10.4. The molecular formula is C32H28N4O2. The van der Waals surface area contributed by atoms with Crippen LogP contribution in [0.25, 0.3) is 45.3 Å². The standard InChI is InChI=1S/2C16H14N2O/c2*1-19-13-7-5-12(6-8-13)14-9-10-16(18-14)15-4-2-3-11-17-15/h2*2-11,18H,1H3. The summed E-state index contributed by atoms with van der Waals surface area (Å²) in [6.45, 7) is 0. The maximum atomic E-state index is 5.16. The summed E-state index contributed by atoms with van der Waals surface area (Å²) >= 11 is 0. The third-order valence-electron chi connectivity index (χ3n) is 6.06. The molecule has 6 heteroatoms. The van der Waals surface area contributed by atoms with Crippen molar-refractivity contribution in [2.75, 3.05) is 14.2 Å². The molecule has 0 fully saturated rings. The Morgan fingerprint density at radius 2 is 0.842 bits per heavy atom. The van der Waals surface area contributed by atoms with E-state index < -0.39 is 0 Å². The highest BCUT2D eigenvalue weighted by Crippen LogP contribution is 2.26. The first-order valence-electron chi connectivity index (χ1n) is 12.2. The fourth-order valence-electron chi connectivity index (χ4n) is 4.01. The molecule has 0 saturated heterocycles. The monoisotopic (exact) mass is 500 g/mol. The quantitative estimate of drug-likeness (QED) is 0.248. The summed E-state index contributed by atoms with van der Waals surface area (Å²) in [4.78, 5) is 15.4. The van der Waals surface area contributed by atoms with Crippen molar-refractivity contribution in [2.45, 2.75) is 0 Å². The maximum Gasteiger partial charge on any atom is 0.118 e. The van der Waals surface area contributed by atoms with Gasteiger partial charge in [-0.1, -0.05) is 12.1 Å². The van der Waals surface area contributed by atoms with Crippen molar-refractivity contribution in [3.8, 4) is 56.8 Å². The van der Waals surface area contributed by atoms with Gasteiger partial charge in [0.05, 0.1) is 37.0 Å². The van der Waals surface area contributed by atoms with Crippen LogP contribution in [0.15, 0.2) is 122 Å². The van der Waals surface area contributed by atoms with Crippen molar-refractivity contribution in [3.63, 3.8) is 0 Å². The minimum atomic E-state index is 0.861. The Morgan fingerprint density at radius 3 is 1.18 bits per heavy atom. The lowest BCUT2D eigenvalue weighted by Crippen LogP contribution is -1.84. The van der Waals surface area contributed by atoms with Crippen LogP contribution in [0.1, 0.15) is 0 Å². The van der Waals surface area contributed by atoms with Crippen LogP contribution in [0.4, 0.5) is 0 Å². The largest absolute Gasteiger partial charge is 0.497 e. The van der Waals surface area contributed by atoms with Crippen molar-refractivity contribution in [1.82, 2.24) is 19.9 Å². The van der Waals surface area contributed by atoms with Crippen LogP contribution in [-0.2, 0) is 0 Å². The molecule has 0 spiro atoms. The van der Waals surface area contributed by atoms with E-state index in [1.54, 1.807) is 26.6 Å². The minimum absolute atomic E-state index is 0.861. The molecular weight excluding hydrogens is 472 g/mol. The molecule has 0 bridgehead atoms. The van der Waals surface area contributed by atoms with Crippen molar-refractivity contribution in [3.05, 3.63) is 122 Å². The third-order valence-corrected chi connectivity index (χ3v) is 6.06. The van der Waals surface area contributed by atoms with E-state index >= 15 is 0 Å². The van der Waals surface area contributed by atoms with Crippen LogP contribution in [-0.4, -0.2) is 34.2 Å². The van der Waals surface area contributed by atoms with Gasteiger partial charge in [-0.3, -0.25) is 9.97 Å². The number of aromatic nitrogens is 4. The van der Waals surface area contributed by atoms with Gasteiger partial charge in [0.1, 0.15) is 11.5 Å². The fourth-order valence-corrected chi connectivity index (χ4v) is 4.01. The Labute approximate surface area is 222 Å². The van der Waals surface area contributed by atoms with Gasteiger partial charge in [-0.2, -0.15) is 0 Å². The van der Waals surface area contributed by atoms with E-state index in [2.05, 4.69) is 32.1 Å². The maximum absolute atomic E-state index is 5.16. The predicted octanol–water partition coefficient (Wildman–Crippen LogP) is 7.50. The number of benzene rings is 2. The first-order chi connectivity index (χ1) is 18.7. The summed E-state index contributed by atoms with van der Waals surface area (Å²) in [5.74, 6) is 1.72. The molecule has 188 valence electrons. The molecule has 0 unspecified atom stereocenters. The summed E-state index contributed by atoms with van der Waals surface area (Å²) in [6, 6.07) is 35.9. The van der Waals surface area contributed by atoms with Gasteiger partial charge in [-0.25, -0.2) is 0 Å². The smallest absolute Gasteiger partial charge is 0.118 e. The second-order valence-corrected chi connectivity index (χ2v) is 8.46. The van der Waals surface area contributed by atoms with Crippen molar-refractivity contribution in [1.29, 1.82) is 0 Å². The van der Waals surface area contributed by atoms with Crippen LogP contribution in [0.3, 0.4) is 0 Å². The average Bonchev–Trinajstić information content (AvgIpc) is 3.70. The molecule has 38 heavy (non-hydrogen) atoms. The minimum Gasteiger partial charge on any atom is -0.497 e.